The summed E-state index contributed by atoms with van der Waals surface area (Å²) in [4.78, 5) is 26.7. The van der Waals surface area contributed by atoms with E-state index in [0.717, 1.165) is 50.0 Å². The lowest BCUT2D eigenvalue weighted by molar-refractivity contribution is 0.738. The molecule has 0 saturated carbocycles. The molecule has 146 valence electrons. The number of allylic oxidation sites excluding steroid dienone is 2. The number of guanidine groups is 2. The Morgan fingerprint density at radius 1 is 0.710 bits per heavy atom. The number of H-pyrrole nitrogens is 2. The van der Waals surface area contributed by atoms with Crippen molar-refractivity contribution in [2.75, 3.05) is 0 Å². The van der Waals surface area contributed by atoms with Gasteiger partial charge in [0.25, 0.3) is 0 Å². The summed E-state index contributed by atoms with van der Waals surface area (Å²) in [5.41, 5.74) is 6.96. The number of rotatable bonds is 2. The first-order valence-electron chi connectivity index (χ1n) is 9.98. The predicted molar refractivity (Wildman–Crippen MR) is 124 cm³/mol. The maximum absolute atomic E-state index is 4.78. The number of nitrogens with zero attached hydrogens (tertiary/aromatic N) is 5. The van der Waals surface area contributed by atoms with Gasteiger partial charge >= 0.3 is 0 Å². The van der Waals surface area contributed by atoms with Crippen LogP contribution in [-0.4, -0.2) is 38.8 Å². The Bertz CT molecular complexity index is 1510. The molecule has 0 unspecified atom stereocenters. The zero-order chi connectivity index (χ0) is 20.4. The van der Waals surface area contributed by atoms with Crippen molar-refractivity contribution in [2.45, 2.75) is 0 Å². The summed E-state index contributed by atoms with van der Waals surface area (Å²) in [5.74, 6) is 1.15. The molecule has 7 heteroatoms. The van der Waals surface area contributed by atoms with Gasteiger partial charge in [-0.2, -0.15) is 0 Å². The molecule has 4 aromatic rings. The number of fused-ring (bicyclic) bond motifs is 2. The van der Waals surface area contributed by atoms with Gasteiger partial charge in [-0.3, -0.25) is 0 Å². The molecular formula is C24H15N7. The Balaban J connectivity index is 1.38. The number of hydrogen-bond donors (Lipinski definition) is 2. The molecule has 7 nitrogen and oxygen atoms in total. The van der Waals surface area contributed by atoms with Gasteiger partial charge in [-0.1, -0.05) is 12.1 Å². The maximum atomic E-state index is 4.78. The molecule has 0 amide bonds. The van der Waals surface area contributed by atoms with E-state index >= 15 is 0 Å². The van der Waals surface area contributed by atoms with E-state index in [2.05, 4.69) is 80.6 Å². The molecule has 0 fully saturated rings. The fourth-order valence-corrected chi connectivity index (χ4v) is 4.18. The van der Waals surface area contributed by atoms with Crippen molar-refractivity contribution in [3.63, 3.8) is 0 Å². The molecule has 0 radical (unpaired) electrons. The van der Waals surface area contributed by atoms with Crippen molar-refractivity contribution in [1.29, 1.82) is 0 Å². The molecule has 0 atom stereocenters. The summed E-state index contributed by atoms with van der Waals surface area (Å²) < 4.78 is 0. The first-order chi connectivity index (χ1) is 15.3. The van der Waals surface area contributed by atoms with Crippen LogP contribution >= 0.6 is 0 Å². The third kappa shape index (κ3) is 2.47. The SMILES string of the molecule is C1=NC2=NC(c3ccc4[nH]ccc4c3)=CC3=CC(c4ccc5[nH]ccc5c4)=NC(=N1)N32. The first kappa shape index (κ1) is 16.3. The second-order valence-corrected chi connectivity index (χ2v) is 7.58. The van der Waals surface area contributed by atoms with Crippen molar-refractivity contribution >= 4 is 51.5 Å². The third-order valence-corrected chi connectivity index (χ3v) is 5.71. The lowest BCUT2D eigenvalue weighted by atomic mass is 10.0. The molecule has 0 spiro atoms. The topological polar surface area (TPSA) is 84.3 Å². The Labute approximate surface area is 176 Å². The van der Waals surface area contributed by atoms with Crippen molar-refractivity contribution < 1.29 is 0 Å². The predicted octanol–water partition coefficient (Wildman–Crippen LogP) is 4.45. The van der Waals surface area contributed by atoms with E-state index in [1.165, 1.54) is 6.34 Å². The monoisotopic (exact) mass is 401 g/mol. The summed E-state index contributed by atoms with van der Waals surface area (Å²) in [6.07, 6.45) is 9.54. The summed E-state index contributed by atoms with van der Waals surface area (Å²) in [7, 11) is 0. The van der Waals surface area contributed by atoms with Gasteiger partial charge in [0, 0.05) is 45.3 Å². The van der Waals surface area contributed by atoms with Crippen LogP contribution in [0.1, 0.15) is 11.1 Å². The maximum Gasteiger partial charge on any atom is 0.239 e. The number of aliphatic imine (C=N–C) groups is 4. The highest BCUT2D eigenvalue weighted by Gasteiger charge is 2.30. The lowest BCUT2D eigenvalue weighted by Crippen LogP contribution is -2.40. The van der Waals surface area contributed by atoms with Gasteiger partial charge in [0.15, 0.2) is 0 Å². The van der Waals surface area contributed by atoms with Crippen LogP contribution in [0.25, 0.3) is 27.5 Å². The average molecular weight is 401 g/mol. The summed E-state index contributed by atoms with van der Waals surface area (Å²) >= 11 is 0. The Morgan fingerprint density at radius 3 is 2.26 bits per heavy atom. The molecule has 2 aromatic carbocycles. The second kappa shape index (κ2) is 5.99. The second-order valence-electron chi connectivity index (χ2n) is 7.58. The van der Waals surface area contributed by atoms with E-state index in [0.29, 0.717) is 11.9 Å². The molecule has 0 bridgehead atoms. The molecule has 31 heavy (non-hydrogen) atoms. The van der Waals surface area contributed by atoms with E-state index < -0.39 is 0 Å². The molecule has 0 aliphatic carbocycles. The summed E-state index contributed by atoms with van der Waals surface area (Å²) in [5, 5.41) is 2.30. The van der Waals surface area contributed by atoms with Gasteiger partial charge in [-0.25, -0.2) is 24.9 Å². The fraction of sp³-hybridized carbons (Fsp3) is 0. The average Bonchev–Trinajstić information content (AvgIpc) is 3.47. The zero-order valence-electron chi connectivity index (χ0n) is 16.2. The van der Waals surface area contributed by atoms with Gasteiger partial charge < -0.3 is 9.97 Å². The van der Waals surface area contributed by atoms with Crippen LogP contribution in [0.15, 0.2) is 98.7 Å². The standard InChI is InChI=1S/C24H15N7/c1-3-19-16(5-7-25-19)9-14(1)21-11-18-12-22(15-2-4-20-17(10-15)6-8-26-20)30-24-28-13-27-23(29-21)31(18)24/h1-13,25-26H. The zero-order valence-corrected chi connectivity index (χ0v) is 16.2. The molecular weight excluding hydrogens is 386 g/mol. The summed E-state index contributed by atoms with van der Waals surface area (Å²) in [6, 6.07) is 16.7. The van der Waals surface area contributed by atoms with Crippen LogP contribution in [0.4, 0.5) is 0 Å². The van der Waals surface area contributed by atoms with Crippen molar-refractivity contribution in [2.24, 2.45) is 20.0 Å². The smallest absolute Gasteiger partial charge is 0.239 e. The number of aromatic nitrogens is 2. The minimum absolute atomic E-state index is 0.576. The Kier molecular flexibility index (Phi) is 3.15. The van der Waals surface area contributed by atoms with E-state index in [4.69, 9.17) is 9.98 Å². The molecule has 3 aliphatic heterocycles. The van der Waals surface area contributed by atoms with E-state index in [9.17, 15) is 0 Å². The highest BCUT2D eigenvalue weighted by Crippen LogP contribution is 2.31. The molecule has 2 N–H and O–H groups in total. The van der Waals surface area contributed by atoms with E-state index in [1.807, 2.05) is 17.3 Å². The highest BCUT2D eigenvalue weighted by atomic mass is 15.4. The highest BCUT2D eigenvalue weighted by molar-refractivity contribution is 6.23. The first-order valence-corrected chi connectivity index (χ1v) is 9.98. The number of benzene rings is 2. The van der Waals surface area contributed by atoms with Gasteiger partial charge in [0.1, 0.15) is 6.34 Å². The molecule has 5 heterocycles. The van der Waals surface area contributed by atoms with Gasteiger partial charge in [-0.15, -0.1) is 0 Å². The molecule has 7 rings (SSSR count). The number of aromatic amines is 2. The van der Waals surface area contributed by atoms with E-state index in [-0.39, 0.29) is 0 Å². The van der Waals surface area contributed by atoms with Crippen LogP contribution in [0.3, 0.4) is 0 Å². The number of nitrogens with one attached hydrogen (secondary N) is 2. The Hall–Kier alpha value is -4.52. The van der Waals surface area contributed by atoms with Crippen LogP contribution in [0, 0.1) is 0 Å². The minimum atomic E-state index is 0.576. The Morgan fingerprint density at radius 2 is 1.45 bits per heavy atom. The largest absolute Gasteiger partial charge is 0.361 e. The van der Waals surface area contributed by atoms with Gasteiger partial charge in [0.2, 0.25) is 11.9 Å². The van der Waals surface area contributed by atoms with Crippen molar-refractivity contribution in [3.8, 4) is 0 Å². The molecule has 2 aromatic heterocycles. The van der Waals surface area contributed by atoms with Crippen LogP contribution < -0.4 is 0 Å². The van der Waals surface area contributed by atoms with Crippen molar-refractivity contribution in [3.05, 3.63) is 89.9 Å². The van der Waals surface area contributed by atoms with Gasteiger partial charge in [0.05, 0.1) is 17.1 Å². The normalized spacial score (nSPS) is 17.2. The summed E-state index contributed by atoms with van der Waals surface area (Å²) in [6.45, 7) is 0. The van der Waals surface area contributed by atoms with Crippen LogP contribution in [0.5, 0.6) is 0 Å². The molecule has 0 saturated heterocycles. The van der Waals surface area contributed by atoms with Crippen molar-refractivity contribution in [1.82, 2.24) is 14.9 Å². The van der Waals surface area contributed by atoms with Gasteiger partial charge in [-0.05, 0) is 48.6 Å². The van der Waals surface area contributed by atoms with Crippen LogP contribution in [-0.2, 0) is 0 Å². The minimum Gasteiger partial charge on any atom is -0.361 e. The van der Waals surface area contributed by atoms with E-state index in [1.54, 1.807) is 0 Å². The fourth-order valence-electron chi connectivity index (χ4n) is 4.18. The third-order valence-electron chi connectivity index (χ3n) is 5.71. The lowest BCUT2D eigenvalue weighted by Gasteiger charge is -2.31. The van der Waals surface area contributed by atoms with Crippen LogP contribution in [0.2, 0.25) is 0 Å². The number of hydrogen-bond acceptors (Lipinski definition) is 5. The molecule has 3 aliphatic rings. The quantitative estimate of drug-likeness (QED) is 0.511.